The Hall–Kier alpha value is -0.890. The van der Waals surface area contributed by atoms with E-state index in [-0.39, 0.29) is 0 Å². The summed E-state index contributed by atoms with van der Waals surface area (Å²) in [7, 11) is 0. The van der Waals surface area contributed by atoms with Crippen LogP contribution in [0, 0.1) is 11.8 Å². The van der Waals surface area contributed by atoms with E-state index in [1.165, 1.54) is 19.3 Å². The normalized spacial score (nSPS) is 12.4. The Morgan fingerprint density at radius 2 is 1.54 bits per heavy atom. The fourth-order valence-electron chi connectivity index (χ4n) is 3.27. The van der Waals surface area contributed by atoms with E-state index < -0.39 is 0 Å². The fourth-order valence-corrected chi connectivity index (χ4v) is 4.03. The van der Waals surface area contributed by atoms with Gasteiger partial charge in [-0.1, -0.05) is 63.8 Å². The molecule has 0 bridgehead atoms. The van der Waals surface area contributed by atoms with Crippen LogP contribution in [-0.4, -0.2) is 6.61 Å². The van der Waals surface area contributed by atoms with Gasteiger partial charge in [-0.2, -0.15) is 0 Å². The van der Waals surface area contributed by atoms with Crippen molar-refractivity contribution in [3.63, 3.8) is 0 Å². The molecule has 2 aromatic rings. The molecule has 0 heterocycles. The van der Waals surface area contributed by atoms with Crippen LogP contribution in [0.5, 0.6) is 5.75 Å². The second kappa shape index (κ2) is 12.0. The predicted octanol–water partition coefficient (Wildman–Crippen LogP) is 8.72. The van der Waals surface area contributed by atoms with Gasteiger partial charge in [0.25, 0.3) is 0 Å². The number of rotatable bonds is 11. The van der Waals surface area contributed by atoms with Crippen LogP contribution in [0.15, 0.2) is 36.4 Å². The molecule has 0 aliphatic rings. The third kappa shape index (κ3) is 7.17. The summed E-state index contributed by atoms with van der Waals surface area (Å²) in [4.78, 5) is 0. The van der Waals surface area contributed by atoms with Crippen molar-refractivity contribution < 1.29 is 4.74 Å². The average molecular weight is 442 g/mol. The molecule has 0 fully saturated rings. The standard InChI is InChI=1S/C24H31Cl3O/c1-17(2)5-4-6-18(3)11-12-28-22-9-7-19(8-10-22)23-13-21(16-26)24(27)14-20(23)15-25/h7-10,13-14,17-18H,4-6,11-12,15-16H2,1-3H3. The van der Waals surface area contributed by atoms with E-state index in [2.05, 4.69) is 32.9 Å². The van der Waals surface area contributed by atoms with E-state index in [0.717, 1.165) is 46.9 Å². The summed E-state index contributed by atoms with van der Waals surface area (Å²) in [5.41, 5.74) is 4.08. The molecule has 0 amide bonds. The van der Waals surface area contributed by atoms with E-state index in [0.29, 0.717) is 22.7 Å². The minimum atomic E-state index is 0.380. The van der Waals surface area contributed by atoms with Crippen LogP contribution < -0.4 is 4.74 Å². The van der Waals surface area contributed by atoms with Crippen molar-refractivity contribution in [2.24, 2.45) is 11.8 Å². The largest absolute Gasteiger partial charge is 0.494 e. The number of hydrogen-bond acceptors (Lipinski definition) is 1. The predicted molar refractivity (Wildman–Crippen MR) is 124 cm³/mol. The highest BCUT2D eigenvalue weighted by Gasteiger charge is 2.10. The van der Waals surface area contributed by atoms with Gasteiger partial charge in [-0.15, -0.1) is 23.2 Å². The van der Waals surface area contributed by atoms with E-state index in [1.54, 1.807) is 0 Å². The van der Waals surface area contributed by atoms with E-state index in [9.17, 15) is 0 Å². The maximum atomic E-state index is 6.26. The molecule has 0 saturated carbocycles. The molecule has 0 spiro atoms. The summed E-state index contributed by atoms with van der Waals surface area (Å²) in [6.07, 6.45) is 4.99. The minimum Gasteiger partial charge on any atom is -0.494 e. The molecule has 154 valence electrons. The lowest BCUT2D eigenvalue weighted by Crippen LogP contribution is -2.04. The zero-order valence-corrected chi connectivity index (χ0v) is 19.4. The monoisotopic (exact) mass is 440 g/mol. The van der Waals surface area contributed by atoms with Crippen LogP contribution in [0.4, 0.5) is 0 Å². The topological polar surface area (TPSA) is 9.23 Å². The van der Waals surface area contributed by atoms with Gasteiger partial charge in [0.1, 0.15) is 5.75 Å². The summed E-state index contributed by atoms with van der Waals surface area (Å²) >= 11 is 18.4. The van der Waals surface area contributed by atoms with E-state index >= 15 is 0 Å². The summed E-state index contributed by atoms with van der Waals surface area (Å²) in [5, 5.41) is 0.664. The second-order valence-corrected chi connectivity index (χ2v) is 8.90. The van der Waals surface area contributed by atoms with Crippen LogP contribution in [0.3, 0.4) is 0 Å². The highest BCUT2D eigenvalue weighted by atomic mass is 35.5. The molecule has 28 heavy (non-hydrogen) atoms. The first-order valence-corrected chi connectivity index (χ1v) is 11.6. The lowest BCUT2D eigenvalue weighted by molar-refractivity contribution is 0.276. The Labute approximate surface area is 185 Å². The maximum Gasteiger partial charge on any atom is 0.119 e. The van der Waals surface area contributed by atoms with Gasteiger partial charge in [0.15, 0.2) is 0 Å². The molecule has 1 atom stereocenters. The molecule has 0 saturated heterocycles. The number of ether oxygens (including phenoxy) is 1. The molecule has 4 heteroatoms. The van der Waals surface area contributed by atoms with E-state index in [1.807, 2.05) is 24.3 Å². The first-order chi connectivity index (χ1) is 13.4. The van der Waals surface area contributed by atoms with Crippen molar-refractivity contribution in [2.45, 2.75) is 58.2 Å². The van der Waals surface area contributed by atoms with Crippen molar-refractivity contribution in [1.82, 2.24) is 0 Å². The zero-order valence-electron chi connectivity index (χ0n) is 17.1. The lowest BCUT2D eigenvalue weighted by Gasteiger charge is -2.14. The quantitative estimate of drug-likeness (QED) is 0.317. The van der Waals surface area contributed by atoms with Gasteiger partial charge in [0.2, 0.25) is 0 Å². The van der Waals surface area contributed by atoms with Crippen molar-refractivity contribution in [3.8, 4) is 16.9 Å². The van der Waals surface area contributed by atoms with Gasteiger partial charge >= 0.3 is 0 Å². The van der Waals surface area contributed by atoms with Crippen molar-refractivity contribution in [1.29, 1.82) is 0 Å². The van der Waals surface area contributed by atoms with E-state index in [4.69, 9.17) is 39.5 Å². The molecule has 0 N–H and O–H groups in total. The third-order valence-electron chi connectivity index (χ3n) is 5.08. The summed E-state index contributed by atoms with van der Waals surface area (Å²) in [6, 6.07) is 12.1. The molecule has 0 aromatic heterocycles. The molecule has 1 unspecified atom stereocenters. The Bertz CT molecular complexity index is 725. The molecule has 0 aliphatic heterocycles. The molecule has 0 aliphatic carbocycles. The number of benzene rings is 2. The molecular weight excluding hydrogens is 411 g/mol. The van der Waals surface area contributed by atoms with Crippen LogP contribution in [0.1, 0.15) is 57.6 Å². The summed E-state index contributed by atoms with van der Waals surface area (Å²) < 4.78 is 5.95. The van der Waals surface area contributed by atoms with Crippen molar-refractivity contribution in [2.75, 3.05) is 6.61 Å². The van der Waals surface area contributed by atoms with Gasteiger partial charge in [-0.05, 0) is 64.8 Å². The number of alkyl halides is 2. The molecule has 2 aromatic carbocycles. The Morgan fingerprint density at radius 3 is 2.14 bits per heavy atom. The highest BCUT2D eigenvalue weighted by Crippen LogP contribution is 2.32. The van der Waals surface area contributed by atoms with Crippen molar-refractivity contribution >= 4 is 34.8 Å². The minimum absolute atomic E-state index is 0.380. The zero-order chi connectivity index (χ0) is 20.5. The van der Waals surface area contributed by atoms with Crippen LogP contribution in [0.25, 0.3) is 11.1 Å². The first kappa shape index (κ1) is 23.4. The lowest BCUT2D eigenvalue weighted by atomic mass is 9.97. The summed E-state index contributed by atoms with van der Waals surface area (Å²) in [5.74, 6) is 3.18. The van der Waals surface area contributed by atoms with Gasteiger partial charge in [-0.25, -0.2) is 0 Å². The molecule has 2 rings (SSSR count). The van der Waals surface area contributed by atoms with Gasteiger partial charge in [0.05, 0.1) is 6.61 Å². The van der Waals surface area contributed by atoms with Crippen molar-refractivity contribution in [3.05, 3.63) is 52.5 Å². The Balaban J connectivity index is 1.93. The van der Waals surface area contributed by atoms with Crippen LogP contribution >= 0.6 is 34.8 Å². The fraction of sp³-hybridized carbons (Fsp3) is 0.500. The Kier molecular flexibility index (Phi) is 9.99. The third-order valence-corrected chi connectivity index (χ3v) is 6.01. The second-order valence-electron chi connectivity index (χ2n) is 7.96. The average Bonchev–Trinajstić information content (AvgIpc) is 2.68. The van der Waals surface area contributed by atoms with Gasteiger partial charge in [0, 0.05) is 16.8 Å². The van der Waals surface area contributed by atoms with Gasteiger partial charge < -0.3 is 4.74 Å². The SMILES string of the molecule is CC(C)CCCC(C)CCOc1ccc(-c2cc(CCl)c(Cl)cc2CCl)cc1. The van der Waals surface area contributed by atoms with Gasteiger partial charge in [-0.3, -0.25) is 0 Å². The maximum absolute atomic E-state index is 6.26. The number of halogens is 3. The highest BCUT2D eigenvalue weighted by molar-refractivity contribution is 6.32. The smallest absolute Gasteiger partial charge is 0.119 e. The molecule has 1 nitrogen and oxygen atoms in total. The molecular formula is C24H31Cl3O. The first-order valence-electron chi connectivity index (χ1n) is 10.1. The van der Waals surface area contributed by atoms with Crippen LogP contribution in [-0.2, 0) is 11.8 Å². The van der Waals surface area contributed by atoms with Crippen LogP contribution in [0.2, 0.25) is 5.02 Å². The number of hydrogen-bond donors (Lipinski definition) is 0. The summed E-state index contributed by atoms with van der Waals surface area (Å²) in [6.45, 7) is 7.64. The Morgan fingerprint density at radius 1 is 0.857 bits per heavy atom. The molecule has 0 radical (unpaired) electrons.